The van der Waals surface area contributed by atoms with E-state index in [1.807, 2.05) is 54.7 Å². The first-order valence-electron chi connectivity index (χ1n) is 11.3. The molecule has 0 saturated carbocycles. The highest BCUT2D eigenvalue weighted by Crippen LogP contribution is 2.31. The second-order valence-corrected chi connectivity index (χ2v) is 11.5. The second-order valence-electron chi connectivity index (χ2n) is 8.33. The zero-order chi connectivity index (χ0) is 26.2. The predicted octanol–water partition coefficient (Wildman–Crippen LogP) is 3.74. The van der Waals surface area contributed by atoms with Crippen LogP contribution in [0.2, 0.25) is 0 Å². The monoisotopic (exact) mass is 537 g/mol. The van der Waals surface area contributed by atoms with Gasteiger partial charge in [0.15, 0.2) is 5.84 Å². The lowest BCUT2D eigenvalue weighted by Crippen LogP contribution is -2.35. The van der Waals surface area contributed by atoms with Crippen molar-refractivity contribution in [1.29, 1.82) is 5.41 Å². The van der Waals surface area contributed by atoms with E-state index in [2.05, 4.69) is 14.7 Å². The molecule has 190 valence electrons. The Kier molecular flexibility index (Phi) is 6.61. The summed E-state index contributed by atoms with van der Waals surface area (Å²) in [5.41, 5.74) is 1.76. The lowest BCUT2D eigenvalue weighted by atomic mass is 10.1. The van der Waals surface area contributed by atoms with Crippen molar-refractivity contribution in [1.82, 2.24) is 9.58 Å². The van der Waals surface area contributed by atoms with Crippen molar-refractivity contribution in [3.63, 3.8) is 0 Å². The lowest BCUT2D eigenvalue weighted by molar-refractivity contribution is -0.114. The summed E-state index contributed by atoms with van der Waals surface area (Å²) in [5.74, 6) is 0.703. The van der Waals surface area contributed by atoms with E-state index in [-0.39, 0.29) is 21.0 Å². The van der Waals surface area contributed by atoms with Gasteiger partial charge >= 0.3 is 0 Å². The first-order valence-corrected chi connectivity index (χ1v) is 14.0. The summed E-state index contributed by atoms with van der Waals surface area (Å²) in [6.45, 7) is 1.20. The number of thioether (sulfide) groups is 1. The van der Waals surface area contributed by atoms with Crippen molar-refractivity contribution in [3.8, 4) is 11.5 Å². The molecule has 2 aliphatic heterocycles. The number of aliphatic imine (C=N–C) groups is 1. The van der Waals surface area contributed by atoms with E-state index in [1.165, 1.54) is 0 Å². The van der Waals surface area contributed by atoms with Crippen LogP contribution in [0.1, 0.15) is 12.0 Å². The Morgan fingerprint density at radius 1 is 1.11 bits per heavy atom. The quantitative estimate of drug-likeness (QED) is 0.359. The Labute approximate surface area is 217 Å². The van der Waals surface area contributed by atoms with E-state index in [0.717, 1.165) is 57.4 Å². The molecular formula is C25H23N5O5S2. The number of sulfone groups is 1. The summed E-state index contributed by atoms with van der Waals surface area (Å²) < 4.78 is 36.6. The Morgan fingerprint density at radius 3 is 2.57 bits per heavy atom. The molecule has 12 heteroatoms. The van der Waals surface area contributed by atoms with Gasteiger partial charge in [-0.25, -0.2) is 8.42 Å². The highest BCUT2D eigenvalue weighted by Gasteiger charge is 2.38. The Morgan fingerprint density at radius 2 is 1.84 bits per heavy atom. The van der Waals surface area contributed by atoms with Crippen LogP contribution in [0.5, 0.6) is 11.5 Å². The molecule has 1 aromatic heterocycles. The van der Waals surface area contributed by atoms with Crippen molar-refractivity contribution in [3.05, 3.63) is 65.9 Å². The molecule has 3 heterocycles. The summed E-state index contributed by atoms with van der Waals surface area (Å²) in [7, 11) is -1.97. The second kappa shape index (κ2) is 9.87. The fourth-order valence-electron chi connectivity index (χ4n) is 3.95. The van der Waals surface area contributed by atoms with E-state index in [9.17, 15) is 13.2 Å². The van der Waals surface area contributed by atoms with Crippen LogP contribution in [0.4, 0.5) is 0 Å². The molecule has 0 atom stereocenters. The Hall–Kier alpha value is -3.90. The number of methoxy groups -OCH3 is 1. The molecule has 10 nitrogen and oxygen atoms in total. The summed E-state index contributed by atoms with van der Waals surface area (Å²) >= 11 is 0.762. The van der Waals surface area contributed by atoms with E-state index >= 15 is 0 Å². The lowest BCUT2D eigenvalue weighted by Gasteiger charge is -2.19. The number of amides is 1. The van der Waals surface area contributed by atoms with Crippen molar-refractivity contribution in [2.24, 2.45) is 10.1 Å². The van der Waals surface area contributed by atoms with Gasteiger partial charge in [-0.1, -0.05) is 18.2 Å². The molecule has 0 fully saturated rings. The molecule has 2 aromatic carbocycles. The number of benzene rings is 2. The van der Waals surface area contributed by atoms with Gasteiger partial charge in [0.2, 0.25) is 19.4 Å². The van der Waals surface area contributed by atoms with Crippen LogP contribution in [0.25, 0.3) is 17.0 Å². The number of hydrazone groups is 1. The van der Waals surface area contributed by atoms with Gasteiger partial charge in [0.1, 0.15) is 11.5 Å². The van der Waals surface area contributed by atoms with Gasteiger partial charge in [0.05, 0.1) is 19.3 Å². The molecule has 37 heavy (non-hydrogen) atoms. The number of hydrogen-bond acceptors (Lipinski definition) is 8. The number of nitrogens with one attached hydrogen (secondary N) is 1. The maximum Gasteiger partial charge on any atom is 0.283 e. The average molecular weight is 538 g/mol. The molecule has 1 amide bonds. The van der Waals surface area contributed by atoms with Crippen LogP contribution in [0.3, 0.4) is 0 Å². The van der Waals surface area contributed by atoms with Gasteiger partial charge in [-0.05, 0) is 54.6 Å². The highest BCUT2D eigenvalue weighted by molar-refractivity contribution is 8.42. The molecule has 0 unspecified atom stereocenters. The van der Waals surface area contributed by atoms with E-state index < -0.39 is 15.7 Å². The molecule has 0 radical (unpaired) electrons. The molecular weight excluding hydrogens is 514 g/mol. The first-order chi connectivity index (χ1) is 17.7. The van der Waals surface area contributed by atoms with E-state index in [1.54, 1.807) is 13.2 Å². The van der Waals surface area contributed by atoms with Crippen LogP contribution >= 0.6 is 11.8 Å². The molecule has 5 rings (SSSR count). The smallest absolute Gasteiger partial charge is 0.283 e. The van der Waals surface area contributed by atoms with E-state index in [0.29, 0.717) is 13.2 Å². The molecule has 1 N–H and O–H groups in total. The molecule has 2 aliphatic rings. The van der Waals surface area contributed by atoms with Gasteiger partial charge < -0.3 is 14.0 Å². The van der Waals surface area contributed by atoms with Crippen molar-refractivity contribution < 1.29 is 22.7 Å². The fraction of sp³-hybridized carbons (Fsp3) is 0.200. The number of nitrogens with zero attached hydrogens (tertiary/aromatic N) is 4. The standard InChI is InChI=1S/C25H23N5O5S2/c1-34-17-8-10-18(11-9-17)35-13-5-12-29-15-16(19-6-3-4-7-21(19)29)14-20-22(26)30-24(27-23(20)31)36-25(28-30)37(2,32)33/h3-4,6-11,14-15,26H,5,12-13H2,1-2H3/b20-14+,26-22?. The number of aryl methyl sites for hydroxylation is 1. The van der Waals surface area contributed by atoms with E-state index in [4.69, 9.17) is 14.9 Å². The number of hydrogen-bond donors (Lipinski definition) is 1. The number of para-hydroxylation sites is 1. The Balaban J connectivity index is 1.36. The maximum atomic E-state index is 12.8. The molecule has 0 saturated heterocycles. The summed E-state index contributed by atoms with van der Waals surface area (Å²) in [6.07, 6.45) is 5.30. The Bertz CT molecular complexity index is 1600. The zero-order valence-electron chi connectivity index (χ0n) is 20.0. The minimum absolute atomic E-state index is 0.0357. The van der Waals surface area contributed by atoms with Gasteiger partial charge in [0, 0.05) is 35.5 Å². The van der Waals surface area contributed by atoms with Gasteiger partial charge in [-0.15, -0.1) is 5.10 Å². The van der Waals surface area contributed by atoms with Crippen LogP contribution < -0.4 is 9.47 Å². The third-order valence-electron chi connectivity index (χ3n) is 5.74. The number of aromatic nitrogens is 1. The van der Waals surface area contributed by atoms with Crippen LogP contribution in [0, 0.1) is 5.41 Å². The number of ether oxygens (including phenoxy) is 2. The topological polar surface area (TPSA) is 126 Å². The van der Waals surface area contributed by atoms with Gasteiger partial charge in [-0.3, -0.25) is 10.2 Å². The molecule has 3 aromatic rings. The fourth-order valence-corrected chi connectivity index (χ4v) is 5.64. The predicted molar refractivity (Wildman–Crippen MR) is 145 cm³/mol. The third-order valence-corrected chi connectivity index (χ3v) is 8.32. The van der Waals surface area contributed by atoms with Gasteiger partial charge in [0.25, 0.3) is 5.91 Å². The highest BCUT2D eigenvalue weighted by atomic mass is 32.3. The van der Waals surface area contributed by atoms with Crippen molar-refractivity contribution in [2.75, 3.05) is 20.0 Å². The number of carbonyl (C=O) groups is 1. The average Bonchev–Trinajstić information content (AvgIpc) is 3.47. The SMILES string of the molecule is COc1ccc(OCCCn2cc(/C=C3\C(=N)N4N=C(S(C)(=O)=O)SC4=NC3=O)c3ccccc32)cc1. The van der Waals surface area contributed by atoms with Gasteiger partial charge in [-0.2, -0.15) is 10.0 Å². The molecule has 0 spiro atoms. The number of carbonyl (C=O) groups excluding carboxylic acids is 1. The molecule has 0 bridgehead atoms. The largest absolute Gasteiger partial charge is 0.497 e. The summed E-state index contributed by atoms with van der Waals surface area (Å²) in [5, 5.41) is 14.6. The van der Waals surface area contributed by atoms with Crippen molar-refractivity contribution in [2.45, 2.75) is 13.0 Å². The first kappa shape index (κ1) is 24.8. The summed E-state index contributed by atoms with van der Waals surface area (Å²) in [4.78, 5) is 16.7. The summed E-state index contributed by atoms with van der Waals surface area (Å²) in [6, 6.07) is 15.2. The normalized spacial score (nSPS) is 16.7. The number of rotatable bonds is 7. The zero-order valence-corrected chi connectivity index (χ0v) is 21.7. The number of amidine groups is 2. The minimum atomic E-state index is -3.59. The van der Waals surface area contributed by atoms with Crippen LogP contribution in [0.15, 0.2) is 70.4 Å². The van der Waals surface area contributed by atoms with Crippen molar-refractivity contribution >= 4 is 59.9 Å². The molecule has 0 aliphatic carbocycles. The van der Waals surface area contributed by atoms with Crippen LogP contribution in [-0.4, -0.2) is 59.3 Å². The van der Waals surface area contributed by atoms with Crippen LogP contribution in [-0.2, 0) is 21.2 Å². The maximum absolute atomic E-state index is 12.8. The minimum Gasteiger partial charge on any atom is -0.497 e. The third kappa shape index (κ3) is 5.02. The number of fused-ring (bicyclic) bond motifs is 2.